The fourth-order valence-electron chi connectivity index (χ4n) is 1.56. The molecule has 1 unspecified atom stereocenters. The highest BCUT2D eigenvalue weighted by molar-refractivity contribution is 14.1. The largest absolute Gasteiger partial charge is 0.265 e. The third kappa shape index (κ3) is 3.04. The molecule has 2 rings (SSSR count). The zero-order valence-electron chi connectivity index (χ0n) is 8.61. The Morgan fingerprint density at radius 3 is 2.50 bits per heavy atom. The molecule has 1 nitrogen and oxygen atoms in total. The van der Waals surface area contributed by atoms with Crippen molar-refractivity contribution in [2.45, 2.75) is 11.2 Å². The van der Waals surface area contributed by atoms with Crippen molar-refractivity contribution in [3.63, 3.8) is 0 Å². The normalized spacial score (nSPS) is 12.4. The Labute approximate surface area is 118 Å². The summed E-state index contributed by atoms with van der Waals surface area (Å²) in [5.41, 5.74) is 2.65. The van der Waals surface area contributed by atoms with Crippen LogP contribution in [-0.2, 0) is 6.42 Å². The van der Waals surface area contributed by atoms with Gasteiger partial charge in [0, 0.05) is 20.8 Å². The van der Waals surface area contributed by atoms with Crippen molar-refractivity contribution in [1.82, 2.24) is 4.98 Å². The van der Waals surface area contributed by atoms with Crippen LogP contribution in [0.2, 0.25) is 0 Å². The molecule has 0 saturated carbocycles. The summed E-state index contributed by atoms with van der Waals surface area (Å²) in [6, 6.07) is 12.6. The van der Waals surface area contributed by atoms with Crippen LogP contribution in [0.25, 0.3) is 0 Å². The van der Waals surface area contributed by atoms with Gasteiger partial charge >= 0.3 is 0 Å². The molecule has 0 N–H and O–H groups in total. The number of aromatic nitrogens is 1. The lowest BCUT2D eigenvalue weighted by molar-refractivity contribution is 0.938. The maximum atomic E-state index is 4.03. The van der Waals surface area contributed by atoms with Crippen molar-refractivity contribution < 1.29 is 0 Å². The lowest BCUT2D eigenvalue weighted by Crippen LogP contribution is -1.97. The van der Waals surface area contributed by atoms with E-state index in [1.807, 2.05) is 12.4 Å². The van der Waals surface area contributed by atoms with Gasteiger partial charge in [-0.3, -0.25) is 4.98 Å². The summed E-state index contributed by atoms with van der Waals surface area (Å²) in [6.07, 6.45) is 4.67. The number of pyridine rings is 1. The highest BCUT2D eigenvalue weighted by Crippen LogP contribution is 2.30. The molecule has 0 spiro atoms. The second kappa shape index (κ2) is 5.77. The van der Waals surface area contributed by atoms with Crippen molar-refractivity contribution in [2.24, 2.45) is 0 Å². The van der Waals surface area contributed by atoms with Crippen LogP contribution in [0.5, 0.6) is 0 Å². The summed E-state index contributed by atoms with van der Waals surface area (Å²) < 4.78 is 1.30. The third-order valence-corrected chi connectivity index (χ3v) is 4.21. The molecule has 1 aromatic heterocycles. The maximum absolute atomic E-state index is 4.03. The first-order valence-corrected chi connectivity index (χ1v) is 7.04. The van der Waals surface area contributed by atoms with E-state index in [1.54, 1.807) is 0 Å². The highest BCUT2D eigenvalue weighted by Gasteiger charge is 2.10. The van der Waals surface area contributed by atoms with Gasteiger partial charge in [-0.1, -0.05) is 34.1 Å². The topological polar surface area (TPSA) is 12.9 Å². The summed E-state index contributed by atoms with van der Waals surface area (Å²) in [4.78, 5) is 4.39. The predicted molar refractivity (Wildman–Crippen MR) is 78.8 cm³/mol. The summed E-state index contributed by atoms with van der Waals surface area (Å²) >= 11 is 6.12. The van der Waals surface area contributed by atoms with Crippen molar-refractivity contribution >= 4 is 38.5 Å². The first kappa shape index (κ1) is 12.0. The van der Waals surface area contributed by atoms with Crippen LogP contribution in [0, 0.1) is 3.57 Å². The first-order valence-electron chi connectivity index (χ1n) is 5.05. The van der Waals surface area contributed by atoms with Crippen LogP contribution in [0.15, 0.2) is 48.8 Å². The van der Waals surface area contributed by atoms with E-state index in [-0.39, 0.29) is 0 Å². The van der Waals surface area contributed by atoms with Gasteiger partial charge in [-0.15, -0.1) is 0 Å². The fourth-order valence-corrected chi connectivity index (χ4v) is 3.53. The molecule has 0 aliphatic rings. The van der Waals surface area contributed by atoms with Gasteiger partial charge in [0.1, 0.15) is 0 Å². The molecule has 3 heteroatoms. The number of nitrogens with zero attached hydrogens (tertiary/aromatic N) is 1. The first-order chi connectivity index (χ1) is 7.77. The van der Waals surface area contributed by atoms with Gasteiger partial charge in [0.05, 0.1) is 0 Å². The van der Waals surface area contributed by atoms with Gasteiger partial charge in [0.15, 0.2) is 0 Å². The van der Waals surface area contributed by atoms with E-state index in [4.69, 9.17) is 0 Å². The summed E-state index contributed by atoms with van der Waals surface area (Å²) in [5.74, 6) is 0. The number of benzene rings is 1. The molecule has 0 saturated heterocycles. The van der Waals surface area contributed by atoms with Crippen molar-refractivity contribution in [2.75, 3.05) is 0 Å². The van der Waals surface area contributed by atoms with Crippen LogP contribution < -0.4 is 0 Å². The van der Waals surface area contributed by atoms with Gasteiger partial charge < -0.3 is 0 Å². The summed E-state index contributed by atoms with van der Waals surface area (Å²) in [6.45, 7) is 0. The van der Waals surface area contributed by atoms with Crippen LogP contribution in [0.4, 0.5) is 0 Å². The number of rotatable bonds is 3. The Balaban J connectivity index is 2.15. The second-order valence-electron chi connectivity index (χ2n) is 3.55. The van der Waals surface area contributed by atoms with E-state index < -0.39 is 0 Å². The van der Waals surface area contributed by atoms with Crippen LogP contribution in [0.1, 0.15) is 16.0 Å². The molecular formula is C13H11BrIN. The number of alkyl halides is 1. The molecule has 2 aromatic rings. The van der Waals surface area contributed by atoms with Crippen molar-refractivity contribution in [3.8, 4) is 0 Å². The average molecular weight is 388 g/mol. The van der Waals surface area contributed by atoms with Gasteiger partial charge in [-0.05, 0) is 58.3 Å². The van der Waals surface area contributed by atoms with Gasteiger partial charge in [0.2, 0.25) is 0 Å². The minimum absolute atomic E-state index is 0.364. The maximum Gasteiger partial charge on any atom is 0.0446 e. The molecule has 0 aliphatic carbocycles. The molecular weight excluding hydrogens is 377 g/mol. The monoisotopic (exact) mass is 387 g/mol. The second-order valence-corrected chi connectivity index (χ2v) is 5.82. The lowest BCUT2D eigenvalue weighted by Gasteiger charge is -2.11. The Kier molecular flexibility index (Phi) is 4.35. The zero-order valence-corrected chi connectivity index (χ0v) is 12.3. The van der Waals surface area contributed by atoms with Crippen LogP contribution >= 0.6 is 38.5 Å². The molecule has 1 heterocycles. The van der Waals surface area contributed by atoms with Gasteiger partial charge in [0.25, 0.3) is 0 Å². The molecule has 16 heavy (non-hydrogen) atoms. The SMILES string of the molecule is BrC(Cc1ccncc1)c1ccccc1I. The molecule has 82 valence electrons. The van der Waals surface area contributed by atoms with Crippen molar-refractivity contribution in [3.05, 3.63) is 63.5 Å². The number of hydrogen-bond donors (Lipinski definition) is 0. The average Bonchev–Trinajstić information content (AvgIpc) is 2.31. The van der Waals surface area contributed by atoms with Crippen LogP contribution in [-0.4, -0.2) is 4.98 Å². The molecule has 0 fully saturated rings. The van der Waals surface area contributed by atoms with E-state index in [9.17, 15) is 0 Å². The zero-order chi connectivity index (χ0) is 11.4. The third-order valence-electron chi connectivity index (χ3n) is 2.41. The summed E-state index contributed by atoms with van der Waals surface area (Å²) in [7, 11) is 0. The molecule has 0 bridgehead atoms. The minimum atomic E-state index is 0.364. The molecule has 1 atom stereocenters. The lowest BCUT2D eigenvalue weighted by atomic mass is 10.1. The van der Waals surface area contributed by atoms with Gasteiger partial charge in [-0.2, -0.15) is 0 Å². The fraction of sp³-hybridized carbons (Fsp3) is 0.154. The Hall–Kier alpha value is -0.420. The minimum Gasteiger partial charge on any atom is -0.265 e. The van der Waals surface area contributed by atoms with Crippen molar-refractivity contribution in [1.29, 1.82) is 0 Å². The highest BCUT2D eigenvalue weighted by atomic mass is 127. The van der Waals surface area contributed by atoms with E-state index in [2.05, 4.69) is 79.9 Å². The molecule has 0 aliphatic heterocycles. The smallest absolute Gasteiger partial charge is 0.0446 e. The standard InChI is InChI=1S/C13H11BrIN/c14-12(9-10-5-7-16-8-6-10)11-3-1-2-4-13(11)15/h1-8,12H,9H2. The Bertz CT molecular complexity index is 458. The van der Waals surface area contributed by atoms with E-state index in [0.717, 1.165) is 6.42 Å². The quantitative estimate of drug-likeness (QED) is 0.563. The number of halogens is 2. The van der Waals surface area contributed by atoms with Crippen LogP contribution in [0.3, 0.4) is 0 Å². The van der Waals surface area contributed by atoms with E-state index >= 15 is 0 Å². The molecule has 0 amide bonds. The summed E-state index contributed by atoms with van der Waals surface area (Å²) in [5, 5.41) is 0. The van der Waals surface area contributed by atoms with E-state index in [1.165, 1.54) is 14.7 Å². The Morgan fingerprint density at radius 2 is 1.81 bits per heavy atom. The molecule has 0 radical (unpaired) electrons. The van der Waals surface area contributed by atoms with Gasteiger partial charge in [-0.25, -0.2) is 0 Å². The number of hydrogen-bond acceptors (Lipinski definition) is 1. The van der Waals surface area contributed by atoms with E-state index in [0.29, 0.717) is 4.83 Å². The Morgan fingerprint density at radius 1 is 1.12 bits per heavy atom. The molecule has 1 aromatic carbocycles. The predicted octanol–water partition coefficient (Wildman–Crippen LogP) is 4.36.